The van der Waals surface area contributed by atoms with Crippen molar-refractivity contribution in [2.45, 2.75) is 58.2 Å². The van der Waals surface area contributed by atoms with E-state index in [0.29, 0.717) is 28.9 Å². The van der Waals surface area contributed by atoms with Gasteiger partial charge in [0.1, 0.15) is 17.9 Å². The van der Waals surface area contributed by atoms with E-state index in [2.05, 4.69) is 9.71 Å². The van der Waals surface area contributed by atoms with Crippen molar-refractivity contribution in [3.05, 3.63) is 83.4 Å². The van der Waals surface area contributed by atoms with Crippen molar-refractivity contribution in [3.63, 3.8) is 0 Å². The molecule has 41 heavy (non-hydrogen) atoms. The topological polar surface area (TPSA) is 90.7 Å². The number of carbonyl (C=O) groups excluding carboxylic acids is 1. The van der Waals surface area contributed by atoms with Crippen molar-refractivity contribution in [1.29, 1.82) is 0 Å². The molecule has 0 fully saturated rings. The summed E-state index contributed by atoms with van der Waals surface area (Å²) in [6.07, 6.45) is -1.59. The second-order valence-corrected chi connectivity index (χ2v) is 12.4. The Morgan fingerprint density at radius 3 is 2.56 bits per heavy atom. The number of esters is 1. The average Bonchev–Trinajstić information content (AvgIpc) is 3.38. The number of aromatic nitrogens is 1. The minimum atomic E-state index is -4.57. The molecule has 4 aromatic rings. The summed E-state index contributed by atoms with van der Waals surface area (Å²) in [6, 6.07) is 12.2. The van der Waals surface area contributed by atoms with Crippen molar-refractivity contribution in [3.8, 4) is 16.9 Å². The van der Waals surface area contributed by atoms with Gasteiger partial charge in [0, 0.05) is 22.7 Å². The van der Waals surface area contributed by atoms with Gasteiger partial charge in [0.05, 0.1) is 52.8 Å². The second-order valence-electron chi connectivity index (χ2n) is 10.3. The maximum absolute atomic E-state index is 13.4. The van der Waals surface area contributed by atoms with Crippen molar-refractivity contribution < 1.29 is 36.1 Å². The van der Waals surface area contributed by atoms with Crippen molar-refractivity contribution in [1.82, 2.24) is 9.71 Å². The number of pyridine rings is 1. The molecule has 0 amide bonds. The van der Waals surface area contributed by atoms with Crippen LogP contribution in [0.4, 0.5) is 13.2 Å². The molecule has 4 rings (SSSR count). The quantitative estimate of drug-likeness (QED) is 0.206. The Morgan fingerprint density at radius 2 is 1.85 bits per heavy atom. The van der Waals surface area contributed by atoms with E-state index in [4.69, 9.17) is 13.9 Å². The lowest BCUT2D eigenvalue weighted by molar-refractivity contribution is -0.142. The first-order valence-electron chi connectivity index (χ1n) is 12.9. The van der Waals surface area contributed by atoms with Crippen LogP contribution < -0.4 is 9.46 Å². The molecule has 2 aromatic heterocycles. The van der Waals surface area contributed by atoms with Crippen molar-refractivity contribution >= 4 is 27.9 Å². The van der Waals surface area contributed by atoms with E-state index in [1.165, 1.54) is 6.07 Å². The summed E-state index contributed by atoms with van der Waals surface area (Å²) >= 11 is 0. The van der Waals surface area contributed by atoms with Gasteiger partial charge in [-0.2, -0.15) is 13.2 Å². The highest BCUT2D eigenvalue weighted by atomic mass is 32.2. The van der Waals surface area contributed by atoms with Crippen LogP contribution in [0.2, 0.25) is 0 Å². The molecule has 0 aliphatic rings. The largest absolute Gasteiger partial charge is 0.489 e. The Kier molecular flexibility index (Phi) is 9.18. The lowest BCUT2D eigenvalue weighted by Crippen LogP contribution is -2.33. The lowest BCUT2D eigenvalue weighted by Gasteiger charge is -2.18. The standard InChI is InChI=1S/C30H31F3N2O5S/c1-5-38-27(36)15-21-6-7-23(30(31,32)33)16-26(21)40-18-19-12-22-9-11-39-28(22)25(13-19)20-8-10-34-24(14-20)17-35-41(37)29(2,3)4/h6-14,16,35H,5,15,17-18H2,1-4H3. The van der Waals surface area contributed by atoms with E-state index in [1.807, 2.05) is 45.0 Å². The molecule has 0 saturated carbocycles. The molecular weight excluding hydrogens is 557 g/mol. The zero-order valence-electron chi connectivity index (χ0n) is 23.1. The first-order chi connectivity index (χ1) is 19.3. The number of alkyl halides is 3. The molecule has 1 unspecified atom stereocenters. The molecule has 0 bridgehead atoms. The van der Waals surface area contributed by atoms with Gasteiger partial charge < -0.3 is 13.9 Å². The monoisotopic (exact) mass is 588 g/mol. The van der Waals surface area contributed by atoms with Gasteiger partial charge in [-0.15, -0.1) is 0 Å². The third-order valence-electron chi connectivity index (χ3n) is 6.11. The second kappa shape index (κ2) is 12.4. The van der Waals surface area contributed by atoms with Gasteiger partial charge in [-0.1, -0.05) is 6.07 Å². The Hall–Kier alpha value is -3.70. The Morgan fingerprint density at radius 1 is 1.07 bits per heavy atom. The molecule has 2 aromatic carbocycles. The van der Waals surface area contributed by atoms with Crippen LogP contribution in [-0.4, -0.2) is 26.5 Å². The van der Waals surface area contributed by atoms with E-state index in [1.54, 1.807) is 25.5 Å². The van der Waals surface area contributed by atoms with Crippen molar-refractivity contribution in [2.75, 3.05) is 6.61 Å². The zero-order chi connectivity index (χ0) is 29.8. The molecule has 0 aliphatic carbocycles. The number of benzene rings is 2. The van der Waals surface area contributed by atoms with Gasteiger partial charge in [0.2, 0.25) is 0 Å². The number of hydrogen-bond donors (Lipinski definition) is 1. The maximum Gasteiger partial charge on any atom is 0.416 e. The van der Waals surface area contributed by atoms with Crippen molar-refractivity contribution in [2.24, 2.45) is 0 Å². The SMILES string of the molecule is CCOC(=O)Cc1ccc(C(F)(F)F)cc1OCc1cc(-c2ccnc(CNS(=O)C(C)(C)C)c2)c2occc2c1. The van der Waals surface area contributed by atoms with Crippen LogP contribution in [0.25, 0.3) is 22.1 Å². The van der Waals surface area contributed by atoms with Crippen LogP contribution in [0.5, 0.6) is 5.75 Å². The van der Waals surface area contributed by atoms with E-state index in [9.17, 15) is 22.2 Å². The normalized spacial score (nSPS) is 12.9. The van der Waals surface area contributed by atoms with E-state index in [-0.39, 0.29) is 25.4 Å². The summed E-state index contributed by atoms with van der Waals surface area (Å²) in [5.41, 5.74) is 2.92. The van der Waals surface area contributed by atoms with Gasteiger partial charge in [-0.25, -0.2) is 8.93 Å². The van der Waals surface area contributed by atoms with Gasteiger partial charge in [0.25, 0.3) is 0 Å². The van der Waals surface area contributed by atoms with Crippen LogP contribution in [-0.2, 0) is 46.3 Å². The summed E-state index contributed by atoms with van der Waals surface area (Å²) in [5, 5.41) is 0.780. The van der Waals surface area contributed by atoms with Crippen LogP contribution in [0.15, 0.2) is 65.4 Å². The summed E-state index contributed by atoms with van der Waals surface area (Å²) in [4.78, 5) is 16.4. The first-order valence-corrected chi connectivity index (χ1v) is 14.1. The van der Waals surface area contributed by atoms with Gasteiger partial charge >= 0.3 is 12.1 Å². The minimum absolute atomic E-state index is 0.0501. The summed E-state index contributed by atoms with van der Waals surface area (Å²) in [7, 11) is -1.27. The third kappa shape index (κ3) is 7.74. The van der Waals surface area contributed by atoms with E-state index >= 15 is 0 Å². The van der Waals surface area contributed by atoms with Gasteiger partial charge in [0.15, 0.2) is 0 Å². The molecule has 218 valence electrons. The molecule has 0 radical (unpaired) electrons. The van der Waals surface area contributed by atoms with Crippen LogP contribution in [0, 0.1) is 0 Å². The summed E-state index contributed by atoms with van der Waals surface area (Å²) in [5.74, 6) is -0.612. The molecule has 1 atom stereocenters. The lowest BCUT2D eigenvalue weighted by atomic mass is 10.0. The van der Waals surface area contributed by atoms with Gasteiger partial charge in [-0.05, 0) is 81.3 Å². The highest BCUT2D eigenvalue weighted by Crippen LogP contribution is 2.35. The zero-order valence-corrected chi connectivity index (χ0v) is 23.9. The van der Waals surface area contributed by atoms with Crippen LogP contribution in [0.1, 0.15) is 50.1 Å². The smallest absolute Gasteiger partial charge is 0.416 e. The number of carbonyl (C=O) groups is 1. The molecule has 0 spiro atoms. The fourth-order valence-corrected chi connectivity index (χ4v) is 4.79. The Bertz CT molecular complexity index is 1560. The highest BCUT2D eigenvalue weighted by molar-refractivity contribution is 7.84. The van der Waals surface area contributed by atoms with E-state index < -0.39 is 33.4 Å². The molecule has 11 heteroatoms. The van der Waals surface area contributed by atoms with Crippen LogP contribution in [0.3, 0.4) is 0 Å². The molecule has 0 saturated heterocycles. The third-order valence-corrected chi connectivity index (χ3v) is 7.63. The Balaban J connectivity index is 1.62. The fraction of sp³-hybridized carbons (Fsp3) is 0.333. The summed E-state index contributed by atoms with van der Waals surface area (Å²) < 4.78 is 71.9. The first kappa shape index (κ1) is 30.3. The number of furan rings is 1. The number of rotatable bonds is 10. The molecule has 1 N–H and O–H groups in total. The number of fused-ring (bicyclic) bond motifs is 1. The average molecular weight is 589 g/mol. The summed E-state index contributed by atoms with van der Waals surface area (Å²) in [6.45, 7) is 7.67. The predicted octanol–water partition coefficient (Wildman–Crippen LogP) is 6.75. The fourth-order valence-electron chi connectivity index (χ4n) is 4.08. The van der Waals surface area contributed by atoms with Crippen LogP contribution >= 0.6 is 0 Å². The number of nitrogens with zero attached hydrogens (tertiary/aromatic N) is 1. The molecular formula is C30H31F3N2O5S. The number of hydrogen-bond acceptors (Lipinski definition) is 6. The molecule has 0 aliphatic heterocycles. The number of halogens is 3. The Labute approximate surface area is 238 Å². The highest BCUT2D eigenvalue weighted by Gasteiger charge is 2.31. The maximum atomic E-state index is 13.4. The number of nitrogens with one attached hydrogen (secondary N) is 1. The van der Waals surface area contributed by atoms with Gasteiger partial charge in [-0.3, -0.25) is 9.78 Å². The molecule has 7 nitrogen and oxygen atoms in total. The minimum Gasteiger partial charge on any atom is -0.489 e. The predicted molar refractivity (Wildman–Crippen MR) is 150 cm³/mol. The molecule has 2 heterocycles. The van der Waals surface area contributed by atoms with E-state index in [0.717, 1.165) is 28.6 Å². The number of ether oxygens (including phenoxy) is 2.